The van der Waals surface area contributed by atoms with Crippen molar-refractivity contribution in [1.29, 1.82) is 0 Å². The van der Waals surface area contributed by atoms with Gasteiger partial charge in [-0.1, -0.05) is 43.2 Å². The van der Waals surface area contributed by atoms with Gasteiger partial charge in [-0.3, -0.25) is 24.0 Å². The van der Waals surface area contributed by atoms with E-state index in [4.69, 9.17) is 14.5 Å². The number of hydrogen-bond donors (Lipinski definition) is 4. The molecular formula is C39H50N6O9S. The van der Waals surface area contributed by atoms with E-state index in [0.717, 1.165) is 48.1 Å². The molecule has 1 aromatic carbocycles. The van der Waals surface area contributed by atoms with Crippen molar-refractivity contribution in [3.05, 3.63) is 47.7 Å². The summed E-state index contributed by atoms with van der Waals surface area (Å²) >= 11 is 0. The van der Waals surface area contributed by atoms with E-state index in [9.17, 15) is 32.7 Å². The number of hydrogen-bond acceptors (Lipinski definition) is 10. The molecular weight excluding hydrogens is 729 g/mol. The number of nitrogens with one attached hydrogen (secondary N) is 3. The van der Waals surface area contributed by atoms with Gasteiger partial charge in [0.25, 0.3) is 5.91 Å². The number of pyridine rings is 1. The molecule has 6 aliphatic rings. The number of fused-ring (bicyclic) bond motifs is 5. The number of amides is 4. The molecule has 0 bridgehead atoms. The summed E-state index contributed by atoms with van der Waals surface area (Å²) in [7, 11) is -4.00. The number of ether oxygens (including phenoxy) is 2. The Balaban J connectivity index is 1.14. The molecule has 55 heavy (non-hydrogen) atoms. The second-order valence-electron chi connectivity index (χ2n) is 16.5. The van der Waals surface area contributed by atoms with Gasteiger partial charge in [-0.05, 0) is 64.4 Å². The second-order valence-corrected chi connectivity index (χ2v) is 18.7. The van der Waals surface area contributed by atoms with E-state index in [1.54, 1.807) is 6.92 Å². The topological polar surface area (TPSA) is 197 Å². The number of carboxylic acid groups (broad SMARTS) is 1. The Morgan fingerprint density at radius 3 is 2.62 bits per heavy atom. The van der Waals surface area contributed by atoms with Crippen LogP contribution in [0.5, 0.6) is 5.75 Å². The molecule has 4 fully saturated rings. The average molecular weight is 779 g/mol. The van der Waals surface area contributed by atoms with Crippen molar-refractivity contribution in [2.45, 2.75) is 112 Å². The van der Waals surface area contributed by atoms with Gasteiger partial charge >= 0.3 is 6.09 Å². The number of aromatic nitrogens is 1. The van der Waals surface area contributed by atoms with Crippen LogP contribution >= 0.6 is 0 Å². The van der Waals surface area contributed by atoms with Gasteiger partial charge in [-0.2, -0.15) is 0 Å². The molecule has 4 amide bonds. The summed E-state index contributed by atoms with van der Waals surface area (Å²) < 4.78 is 40.3. The minimum atomic E-state index is -4.00. The van der Waals surface area contributed by atoms with E-state index < -0.39 is 67.7 Å². The monoisotopic (exact) mass is 778 g/mol. The first kappa shape index (κ1) is 37.6. The normalized spacial score (nSPS) is 31.4. The van der Waals surface area contributed by atoms with E-state index in [1.807, 2.05) is 36.4 Å². The molecule has 2 saturated heterocycles. The van der Waals surface area contributed by atoms with Crippen LogP contribution in [0.25, 0.3) is 10.9 Å². The first-order valence-corrected chi connectivity index (χ1v) is 21.1. The number of rotatable bonds is 6. The van der Waals surface area contributed by atoms with Crippen LogP contribution in [0.4, 0.5) is 4.79 Å². The lowest BCUT2D eigenvalue weighted by Gasteiger charge is -2.37. The maximum atomic E-state index is 14.6. The standard InChI is InChI=1S/C39H50N6O9S/c1-37(15-16-37)55(51,52)43-35(48)39-21-25(39)9-5-3-2-4-6-12-29(41-36(49)50)34(47)45-24-38(22-31(45)33(46)42-39)14-13-27-26-10-7-8-11-28(26)40-30(32(27)54-38)23-44-17-19-53-20-18-44/h5,7-11,25,29,31,41H,2-4,6,12-24H2,1H3,(H,42,46)(H,43,48)(H,49,50)/b9-5-/t25-,29+,31+,38-,39-/m1/s1. The van der Waals surface area contributed by atoms with Gasteiger partial charge in [0.1, 0.15) is 29.0 Å². The van der Waals surface area contributed by atoms with Crippen molar-refractivity contribution in [3.63, 3.8) is 0 Å². The van der Waals surface area contributed by atoms with Crippen LogP contribution in [0.15, 0.2) is 36.4 Å². The molecule has 2 aliphatic carbocycles. The highest BCUT2D eigenvalue weighted by Gasteiger charge is 2.64. The summed E-state index contributed by atoms with van der Waals surface area (Å²) in [4.78, 5) is 63.8. The zero-order valence-electron chi connectivity index (χ0n) is 31.2. The second kappa shape index (κ2) is 14.3. The van der Waals surface area contributed by atoms with Gasteiger partial charge in [-0.25, -0.2) is 18.2 Å². The smallest absolute Gasteiger partial charge is 0.405 e. The number of aryl methyl sites for hydroxylation is 1. The Morgan fingerprint density at radius 1 is 1.07 bits per heavy atom. The summed E-state index contributed by atoms with van der Waals surface area (Å²) in [5.41, 5.74) is 0.0852. The maximum absolute atomic E-state index is 14.6. The average Bonchev–Trinajstić information content (AvgIpc) is 4.05. The first-order chi connectivity index (χ1) is 26.3. The summed E-state index contributed by atoms with van der Waals surface area (Å²) in [5, 5.41) is 16.1. The van der Waals surface area contributed by atoms with Gasteiger partial charge in [0.05, 0.1) is 35.7 Å². The molecule has 2 saturated carbocycles. The van der Waals surface area contributed by atoms with Crippen LogP contribution in [-0.4, -0.2) is 113 Å². The van der Waals surface area contributed by atoms with Crippen molar-refractivity contribution in [2.24, 2.45) is 5.92 Å². The predicted molar refractivity (Wildman–Crippen MR) is 200 cm³/mol. The Kier molecular flexibility index (Phi) is 9.81. The van der Waals surface area contributed by atoms with Crippen LogP contribution in [0.1, 0.15) is 82.4 Å². The minimum Gasteiger partial charge on any atom is -0.483 e. The molecule has 296 valence electrons. The quantitative estimate of drug-likeness (QED) is 0.315. The summed E-state index contributed by atoms with van der Waals surface area (Å²) in [6.45, 7) is 4.84. The number of nitrogens with zero attached hydrogens (tertiary/aromatic N) is 3. The number of morpholine rings is 1. The van der Waals surface area contributed by atoms with E-state index in [2.05, 4.69) is 20.3 Å². The van der Waals surface area contributed by atoms with Crippen LogP contribution in [-0.2, 0) is 42.1 Å². The van der Waals surface area contributed by atoms with Gasteiger partial charge in [0.2, 0.25) is 21.8 Å². The molecule has 1 spiro atoms. The molecule has 4 aliphatic heterocycles. The van der Waals surface area contributed by atoms with Crippen LogP contribution in [0.2, 0.25) is 0 Å². The highest BCUT2D eigenvalue weighted by molar-refractivity contribution is 7.91. The lowest BCUT2D eigenvalue weighted by atomic mass is 9.87. The van der Waals surface area contributed by atoms with Gasteiger partial charge < -0.3 is 30.1 Å². The van der Waals surface area contributed by atoms with E-state index >= 15 is 0 Å². The Labute approximate surface area is 320 Å². The first-order valence-electron chi connectivity index (χ1n) is 19.6. The number of allylic oxidation sites excluding steroid dienone is 1. The number of benzene rings is 1. The molecule has 0 unspecified atom stereocenters. The van der Waals surface area contributed by atoms with Crippen LogP contribution in [0.3, 0.4) is 0 Å². The van der Waals surface area contributed by atoms with E-state index in [1.165, 1.54) is 4.90 Å². The number of para-hydroxylation sites is 1. The van der Waals surface area contributed by atoms with Crippen molar-refractivity contribution in [2.75, 3.05) is 32.8 Å². The lowest BCUT2D eigenvalue weighted by Crippen LogP contribution is -2.58. The molecule has 1 aromatic heterocycles. The van der Waals surface area contributed by atoms with Crippen molar-refractivity contribution in [3.8, 4) is 5.75 Å². The molecule has 5 heterocycles. The zero-order valence-corrected chi connectivity index (χ0v) is 32.0. The summed E-state index contributed by atoms with van der Waals surface area (Å²) in [6, 6.07) is 5.69. The third kappa shape index (κ3) is 7.28. The van der Waals surface area contributed by atoms with Crippen LogP contribution < -0.4 is 20.1 Å². The number of sulfonamides is 1. The Morgan fingerprint density at radius 2 is 1.85 bits per heavy atom. The third-order valence-electron chi connectivity index (χ3n) is 12.6. The largest absolute Gasteiger partial charge is 0.483 e. The van der Waals surface area contributed by atoms with Crippen LogP contribution in [0, 0.1) is 5.92 Å². The minimum absolute atomic E-state index is 0.0141. The van der Waals surface area contributed by atoms with E-state index in [0.29, 0.717) is 64.0 Å². The fraction of sp³-hybridized carbons (Fsp3) is 0.615. The maximum Gasteiger partial charge on any atom is 0.405 e. The third-order valence-corrected chi connectivity index (χ3v) is 14.7. The Hall–Kier alpha value is -4.28. The molecule has 8 rings (SSSR count). The summed E-state index contributed by atoms with van der Waals surface area (Å²) in [5.74, 6) is -1.76. The molecule has 16 heteroatoms. The number of carbonyl (C=O) groups excluding carboxylic acids is 3. The van der Waals surface area contributed by atoms with Crippen molar-refractivity contribution in [1.82, 2.24) is 30.1 Å². The molecule has 15 nitrogen and oxygen atoms in total. The SMILES string of the molecule is CC1(S(=O)(=O)NC(=O)[C@@]23C[C@H]2/C=C\CCCCC[C@H](NC(=O)O)C(=O)N2C[C@@]4(CCc5c(c(CN6CCOCC6)nc6ccccc56)O4)C[C@H]2C(=O)N3)CC1. The Bertz CT molecular complexity index is 2030. The van der Waals surface area contributed by atoms with Crippen molar-refractivity contribution >= 4 is 44.7 Å². The predicted octanol–water partition coefficient (Wildman–Crippen LogP) is 2.76. The van der Waals surface area contributed by atoms with Gasteiger partial charge in [-0.15, -0.1) is 0 Å². The number of carbonyl (C=O) groups is 4. The molecule has 2 aromatic rings. The van der Waals surface area contributed by atoms with Gasteiger partial charge in [0, 0.05) is 42.9 Å². The fourth-order valence-electron chi connectivity index (χ4n) is 8.78. The fourth-order valence-corrected chi connectivity index (χ4v) is 10.1. The van der Waals surface area contributed by atoms with Crippen molar-refractivity contribution < 1.29 is 42.2 Å². The summed E-state index contributed by atoms with van der Waals surface area (Å²) in [6.07, 6.45) is 7.72. The highest BCUT2D eigenvalue weighted by Crippen LogP contribution is 2.49. The van der Waals surface area contributed by atoms with Gasteiger partial charge in [0.15, 0.2) is 0 Å². The molecule has 5 atom stereocenters. The van der Waals surface area contributed by atoms with E-state index in [-0.39, 0.29) is 25.8 Å². The highest BCUT2D eigenvalue weighted by atomic mass is 32.2. The lowest BCUT2D eigenvalue weighted by molar-refractivity contribution is -0.141. The molecule has 4 N–H and O–H groups in total. The molecule has 0 radical (unpaired) electrons. The zero-order chi connectivity index (χ0) is 38.6.